The highest BCUT2D eigenvalue weighted by molar-refractivity contribution is 5.80. The molecule has 0 saturated carbocycles. The minimum absolute atomic E-state index is 0.0151. The third kappa shape index (κ3) is 5.42. The lowest BCUT2D eigenvalue weighted by molar-refractivity contribution is -0.137. The van der Waals surface area contributed by atoms with E-state index in [0.29, 0.717) is 31.8 Å². The first-order valence-electron chi connectivity index (χ1n) is 10.1. The maximum absolute atomic E-state index is 13.1. The number of nitrogens with zero attached hydrogens (tertiary/aromatic N) is 2. The predicted molar refractivity (Wildman–Crippen MR) is 106 cm³/mol. The molecule has 162 valence electrons. The molecule has 0 spiro atoms. The molecular formula is C21H30F3N3O2. The van der Waals surface area contributed by atoms with E-state index < -0.39 is 17.2 Å². The van der Waals surface area contributed by atoms with Gasteiger partial charge in [-0.2, -0.15) is 13.2 Å². The third-order valence-corrected chi connectivity index (χ3v) is 5.64. The summed E-state index contributed by atoms with van der Waals surface area (Å²) in [7, 11) is 1.72. The topological polar surface area (TPSA) is 46.1 Å². The predicted octanol–water partition coefficient (Wildman–Crippen LogP) is 3.44. The van der Waals surface area contributed by atoms with Crippen LogP contribution in [-0.4, -0.2) is 63.0 Å². The monoisotopic (exact) mass is 413 g/mol. The van der Waals surface area contributed by atoms with Crippen LogP contribution in [0.3, 0.4) is 0 Å². The molecule has 2 fully saturated rings. The molecule has 29 heavy (non-hydrogen) atoms. The molecule has 1 N–H and O–H groups in total. The van der Waals surface area contributed by atoms with Gasteiger partial charge in [0.05, 0.1) is 18.3 Å². The lowest BCUT2D eigenvalue weighted by Gasteiger charge is -2.38. The fourth-order valence-electron chi connectivity index (χ4n) is 3.84. The second-order valence-corrected chi connectivity index (χ2v) is 8.27. The highest BCUT2D eigenvalue weighted by Crippen LogP contribution is 2.32. The number of halogens is 3. The Kier molecular flexibility index (Phi) is 6.73. The van der Waals surface area contributed by atoms with Crippen LogP contribution in [0, 0.1) is 0 Å². The highest BCUT2D eigenvalue weighted by atomic mass is 19.4. The number of hydrogen-bond donors (Lipinski definition) is 1. The fraction of sp³-hybridized carbons (Fsp3) is 0.667. The molecule has 0 aromatic heterocycles. The van der Waals surface area contributed by atoms with Crippen molar-refractivity contribution in [3.63, 3.8) is 0 Å². The van der Waals surface area contributed by atoms with Gasteiger partial charge < -0.3 is 19.7 Å². The molecule has 2 atom stereocenters. The van der Waals surface area contributed by atoms with Gasteiger partial charge in [0.25, 0.3) is 0 Å². The second-order valence-electron chi connectivity index (χ2n) is 8.27. The molecular weight excluding hydrogens is 383 g/mol. The first-order valence-corrected chi connectivity index (χ1v) is 10.1. The SMILES string of the molecule is CN=C(NCC(C)(C)c1cccc(C(F)(F)F)c1)N1CCOC(C2CCCO2)C1. The fourth-order valence-corrected chi connectivity index (χ4v) is 3.84. The van der Waals surface area contributed by atoms with Crippen LogP contribution in [0.5, 0.6) is 0 Å². The van der Waals surface area contributed by atoms with Crippen molar-refractivity contribution in [3.8, 4) is 0 Å². The normalized spacial score (nSPS) is 24.1. The van der Waals surface area contributed by atoms with E-state index in [4.69, 9.17) is 9.47 Å². The smallest absolute Gasteiger partial charge is 0.375 e. The lowest BCUT2D eigenvalue weighted by atomic mass is 9.84. The molecule has 2 aliphatic heterocycles. The Hall–Kier alpha value is -1.80. The van der Waals surface area contributed by atoms with Crippen molar-refractivity contribution in [2.24, 2.45) is 4.99 Å². The van der Waals surface area contributed by atoms with Crippen molar-refractivity contribution < 1.29 is 22.6 Å². The average molecular weight is 413 g/mol. The van der Waals surface area contributed by atoms with Gasteiger partial charge in [-0.1, -0.05) is 32.0 Å². The van der Waals surface area contributed by atoms with Gasteiger partial charge in [0.15, 0.2) is 5.96 Å². The van der Waals surface area contributed by atoms with Crippen molar-refractivity contribution in [2.75, 3.05) is 39.9 Å². The lowest BCUT2D eigenvalue weighted by Crippen LogP contribution is -2.54. The van der Waals surface area contributed by atoms with Gasteiger partial charge in [0, 0.05) is 38.7 Å². The molecule has 3 rings (SSSR count). The van der Waals surface area contributed by atoms with Crippen LogP contribution in [0.25, 0.3) is 0 Å². The third-order valence-electron chi connectivity index (χ3n) is 5.64. The van der Waals surface area contributed by atoms with Crippen LogP contribution in [0.2, 0.25) is 0 Å². The van der Waals surface area contributed by atoms with E-state index in [-0.39, 0.29) is 12.2 Å². The Labute approximate surface area is 170 Å². The summed E-state index contributed by atoms with van der Waals surface area (Å²) in [5.74, 6) is 0.733. The van der Waals surface area contributed by atoms with E-state index >= 15 is 0 Å². The summed E-state index contributed by atoms with van der Waals surface area (Å²) in [5, 5.41) is 3.35. The summed E-state index contributed by atoms with van der Waals surface area (Å²) in [6.07, 6.45) is -2.14. The summed E-state index contributed by atoms with van der Waals surface area (Å²) < 4.78 is 50.9. The zero-order chi connectivity index (χ0) is 21.1. The number of benzene rings is 1. The van der Waals surface area contributed by atoms with Crippen LogP contribution < -0.4 is 5.32 Å². The molecule has 0 radical (unpaired) electrons. The Morgan fingerprint density at radius 2 is 1.90 bits per heavy atom. The van der Waals surface area contributed by atoms with Crippen LogP contribution in [0.15, 0.2) is 29.3 Å². The number of guanidine groups is 1. The second kappa shape index (κ2) is 8.92. The zero-order valence-electron chi connectivity index (χ0n) is 17.3. The molecule has 0 bridgehead atoms. The summed E-state index contributed by atoms with van der Waals surface area (Å²) in [5.41, 5.74) is -0.494. The van der Waals surface area contributed by atoms with Gasteiger partial charge in [-0.25, -0.2) is 0 Å². The Morgan fingerprint density at radius 3 is 2.55 bits per heavy atom. The maximum atomic E-state index is 13.1. The van der Waals surface area contributed by atoms with Gasteiger partial charge in [-0.15, -0.1) is 0 Å². The highest BCUT2D eigenvalue weighted by Gasteiger charge is 2.34. The maximum Gasteiger partial charge on any atom is 0.416 e. The summed E-state index contributed by atoms with van der Waals surface area (Å²) in [6, 6.07) is 5.53. The minimum Gasteiger partial charge on any atom is -0.375 e. The van der Waals surface area contributed by atoms with E-state index in [1.54, 1.807) is 13.1 Å². The van der Waals surface area contributed by atoms with Crippen molar-refractivity contribution in [2.45, 2.75) is 50.5 Å². The summed E-state index contributed by atoms with van der Waals surface area (Å²) in [6.45, 7) is 7.10. The number of aliphatic imine (C=N–C) groups is 1. The van der Waals surface area contributed by atoms with Crippen molar-refractivity contribution in [3.05, 3.63) is 35.4 Å². The summed E-state index contributed by atoms with van der Waals surface area (Å²) in [4.78, 5) is 6.52. The number of rotatable bonds is 4. The van der Waals surface area contributed by atoms with Gasteiger partial charge in [-0.05, 0) is 24.5 Å². The van der Waals surface area contributed by atoms with Gasteiger partial charge in [0.2, 0.25) is 0 Å². The van der Waals surface area contributed by atoms with Gasteiger partial charge in [0.1, 0.15) is 6.10 Å². The van der Waals surface area contributed by atoms with Crippen molar-refractivity contribution in [1.82, 2.24) is 10.2 Å². The molecule has 0 aliphatic carbocycles. The van der Waals surface area contributed by atoms with E-state index in [1.165, 1.54) is 12.1 Å². The minimum atomic E-state index is -4.35. The Bertz CT molecular complexity index is 715. The number of alkyl halides is 3. The first kappa shape index (κ1) is 21.9. The van der Waals surface area contributed by atoms with Gasteiger partial charge >= 0.3 is 6.18 Å². The average Bonchev–Trinajstić information content (AvgIpc) is 3.23. The molecule has 8 heteroatoms. The van der Waals surface area contributed by atoms with E-state index in [0.717, 1.165) is 31.5 Å². The Morgan fingerprint density at radius 1 is 1.17 bits per heavy atom. The van der Waals surface area contributed by atoms with Crippen LogP contribution >= 0.6 is 0 Å². The van der Waals surface area contributed by atoms with E-state index in [1.807, 2.05) is 13.8 Å². The molecule has 2 aliphatic rings. The number of morpholine rings is 1. The zero-order valence-corrected chi connectivity index (χ0v) is 17.3. The van der Waals surface area contributed by atoms with E-state index in [2.05, 4.69) is 15.2 Å². The van der Waals surface area contributed by atoms with Crippen molar-refractivity contribution >= 4 is 5.96 Å². The molecule has 5 nitrogen and oxygen atoms in total. The van der Waals surface area contributed by atoms with Gasteiger partial charge in [-0.3, -0.25) is 4.99 Å². The molecule has 1 aromatic carbocycles. The number of ether oxygens (including phenoxy) is 2. The first-order chi connectivity index (χ1) is 13.7. The van der Waals surface area contributed by atoms with Crippen molar-refractivity contribution in [1.29, 1.82) is 0 Å². The number of hydrogen-bond acceptors (Lipinski definition) is 3. The van der Waals surface area contributed by atoms with Crippen LogP contribution in [0.4, 0.5) is 13.2 Å². The van der Waals surface area contributed by atoms with Crippen LogP contribution in [0.1, 0.15) is 37.8 Å². The Balaban J connectivity index is 1.63. The molecule has 1 aromatic rings. The summed E-state index contributed by atoms with van der Waals surface area (Å²) >= 11 is 0. The molecule has 2 heterocycles. The molecule has 2 unspecified atom stereocenters. The number of nitrogens with one attached hydrogen (secondary N) is 1. The van der Waals surface area contributed by atoms with Crippen LogP contribution in [-0.2, 0) is 21.1 Å². The largest absolute Gasteiger partial charge is 0.416 e. The quantitative estimate of drug-likeness (QED) is 0.607. The molecule has 0 amide bonds. The standard InChI is InChI=1S/C21H30F3N3O2/c1-20(2,15-6-4-7-16(12-15)21(22,23)24)14-26-19(25-3)27-9-11-29-18(13-27)17-8-5-10-28-17/h4,6-7,12,17-18H,5,8-11,13-14H2,1-3H3,(H,25,26). The molecule has 2 saturated heterocycles. The van der Waals surface area contributed by atoms with E-state index in [9.17, 15) is 13.2 Å².